The van der Waals surface area contributed by atoms with Crippen LogP contribution < -0.4 is 0 Å². The second-order valence-electron chi connectivity index (χ2n) is 5.14. The molecule has 20 heavy (non-hydrogen) atoms. The lowest BCUT2D eigenvalue weighted by Gasteiger charge is -2.28. The van der Waals surface area contributed by atoms with Crippen LogP contribution in [0, 0.1) is 5.82 Å². The van der Waals surface area contributed by atoms with Gasteiger partial charge in [-0.1, -0.05) is 62.7 Å². The Kier molecular flexibility index (Phi) is 4.56. The fourth-order valence-electron chi connectivity index (χ4n) is 2.58. The summed E-state index contributed by atoms with van der Waals surface area (Å²) in [5.41, 5.74) is 1.05. The number of hydrogen-bond acceptors (Lipinski definition) is 1. The molecule has 1 N–H and O–H groups in total. The minimum absolute atomic E-state index is 0.339. The van der Waals surface area contributed by atoms with Crippen molar-refractivity contribution in [2.24, 2.45) is 0 Å². The third-order valence-corrected chi connectivity index (χ3v) is 3.80. The molecule has 1 unspecified atom stereocenters. The average Bonchev–Trinajstić information content (AvgIpc) is 2.48. The normalized spacial score (nSPS) is 14.0. The first-order valence-electron chi connectivity index (χ1n) is 7.18. The van der Waals surface area contributed by atoms with Crippen LogP contribution in [-0.2, 0) is 12.0 Å². The zero-order chi connectivity index (χ0) is 14.6. The summed E-state index contributed by atoms with van der Waals surface area (Å²) < 4.78 is 14.0. The van der Waals surface area contributed by atoms with Crippen LogP contribution in [0.5, 0.6) is 0 Å². The average molecular weight is 272 g/mol. The lowest BCUT2D eigenvalue weighted by molar-refractivity contribution is 0.0725. The Morgan fingerprint density at radius 1 is 1.00 bits per heavy atom. The maximum absolute atomic E-state index is 14.0. The number of rotatable bonds is 5. The predicted molar refractivity (Wildman–Crippen MR) is 80.1 cm³/mol. The van der Waals surface area contributed by atoms with Gasteiger partial charge in [0, 0.05) is 5.56 Å². The quantitative estimate of drug-likeness (QED) is 0.854. The first-order chi connectivity index (χ1) is 9.61. The summed E-state index contributed by atoms with van der Waals surface area (Å²) in [6, 6.07) is 14.3. The predicted octanol–water partition coefficient (Wildman–Crippen LogP) is 4.42. The molecule has 0 heterocycles. The van der Waals surface area contributed by atoms with Crippen molar-refractivity contribution in [1.82, 2.24) is 0 Å². The zero-order valence-electron chi connectivity index (χ0n) is 12.1. The van der Waals surface area contributed by atoms with Gasteiger partial charge in [-0.2, -0.15) is 0 Å². The molecule has 2 heteroatoms. The molecule has 0 aliphatic heterocycles. The Balaban J connectivity index is 2.42. The van der Waals surface area contributed by atoms with Gasteiger partial charge >= 0.3 is 0 Å². The van der Waals surface area contributed by atoms with Gasteiger partial charge in [-0.25, -0.2) is 4.39 Å². The van der Waals surface area contributed by atoms with Gasteiger partial charge in [-0.05, 0) is 30.0 Å². The van der Waals surface area contributed by atoms with Gasteiger partial charge in [-0.15, -0.1) is 0 Å². The van der Waals surface area contributed by atoms with E-state index in [0.717, 1.165) is 18.4 Å². The molecule has 0 spiro atoms. The molecule has 2 aromatic rings. The van der Waals surface area contributed by atoms with Gasteiger partial charge in [0.05, 0.1) is 0 Å². The maximum atomic E-state index is 14.0. The maximum Gasteiger partial charge on any atom is 0.129 e. The fraction of sp³-hybridized carbons (Fsp3) is 0.333. The van der Waals surface area contributed by atoms with E-state index >= 15 is 0 Å². The Labute approximate surface area is 120 Å². The first kappa shape index (κ1) is 14.7. The van der Waals surface area contributed by atoms with Gasteiger partial charge < -0.3 is 5.11 Å². The van der Waals surface area contributed by atoms with Crippen molar-refractivity contribution >= 4 is 0 Å². The van der Waals surface area contributed by atoms with E-state index < -0.39 is 5.60 Å². The molecular formula is C18H21FO. The molecule has 2 aromatic carbocycles. The Morgan fingerprint density at radius 3 is 2.20 bits per heavy atom. The number of benzene rings is 2. The molecule has 2 rings (SSSR count). The van der Waals surface area contributed by atoms with Gasteiger partial charge in [0.25, 0.3) is 0 Å². The standard InChI is InChI=1S/C18H21FO/c1-3-7-14-10-12-15(13-11-14)18(20,4-2)16-8-5-6-9-17(16)19/h5-6,8-13,20H,3-4,7H2,1-2H3. The van der Waals surface area contributed by atoms with Crippen molar-refractivity contribution in [3.05, 3.63) is 71.0 Å². The highest BCUT2D eigenvalue weighted by atomic mass is 19.1. The first-order valence-corrected chi connectivity index (χ1v) is 7.18. The lowest BCUT2D eigenvalue weighted by atomic mass is 9.83. The summed E-state index contributed by atoms with van der Waals surface area (Å²) in [5, 5.41) is 10.9. The van der Waals surface area contributed by atoms with Crippen molar-refractivity contribution in [3.63, 3.8) is 0 Å². The van der Waals surface area contributed by atoms with Crippen molar-refractivity contribution in [2.45, 2.75) is 38.7 Å². The van der Waals surface area contributed by atoms with Crippen LogP contribution in [0.25, 0.3) is 0 Å². The van der Waals surface area contributed by atoms with Gasteiger partial charge in [-0.3, -0.25) is 0 Å². The van der Waals surface area contributed by atoms with Crippen LogP contribution in [-0.4, -0.2) is 5.11 Å². The molecule has 0 bridgehead atoms. The Morgan fingerprint density at radius 2 is 1.65 bits per heavy atom. The SMILES string of the molecule is CCCc1ccc(C(O)(CC)c2ccccc2F)cc1. The molecule has 0 aliphatic rings. The van der Waals surface area contributed by atoms with E-state index in [9.17, 15) is 9.50 Å². The number of hydrogen-bond donors (Lipinski definition) is 1. The highest BCUT2D eigenvalue weighted by Crippen LogP contribution is 2.34. The Hall–Kier alpha value is -1.67. The highest BCUT2D eigenvalue weighted by Gasteiger charge is 2.31. The summed E-state index contributed by atoms with van der Waals surface area (Å²) in [6.45, 7) is 4.00. The smallest absolute Gasteiger partial charge is 0.129 e. The minimum atomic E-state index is -1.27. The topological polar surface area (TPSA) is 20.2 Å². The van der Waals surface area contributed by atoms with E-state index in [1.807, 2.05) is 31.2 Å². The summed E-state index contributed by atoms with van der Waals surface area (Å²) in [5.74, 6) is -0.366. The van der Waals surface area contributed by atoms with Gasteiger partial charge in [0.2, 0.25) is 0 Å². The van der Waals surface area contributed by atoms with Gasteiger partial charge in [0.1, 0.15) is 11.4 Å². The van der Waals surface area contributed by atoms with Crippen LogP contribution in [0.3, 0.4) is 0 Å². The summed E-state index contributed by atoms with van der Waals surface area (Å²) >= 11 is 0. The Bertz CT molecular complexity index is 562. The highest BCUT2D eigenvalue weighted by molar-refractivity contribution is 5.38. The molecule has 0 radical (unpaired) electrons. The van der Waals surface area contributed by atoms with E-state index in [1.54, 1.807) is 18.2 Å². The molecular weight excluding hydrogens is 251 g/mol. The van der Waals surface area contributed by atoms with Gasteiger partial charge in [0.15, 0.2) is 0 Å². The molecule has 0 fully saturated rings. The second-order valence-corrected chi connectivity index (χ2v) is 5.14. The van der Waals surface area contributed by atoms with Crippen LogP contribution in [0.15, 0.2) is 48.5 Å². The van der Waals surface area contributed by atoms with E-state index in [-0.39, 0.29) is 5.82 Å². The molecule has 0 aromatic heterocycles. The zero-order valence-corrected chi connectivity index (χ0v) is 12.1. The summed E-state index contributed by atoms with van der Waals surface area (Å²) in [4.78, 5) is 0. The van der Waals surface area contributed by atoms with Crippen LogP contribution in [0.2, 0.25) is 0 Å². The van der Waals surface area contributed by atoms with Crippen LogP contribution in [0.4, 0.5) is 4.39 Å². The third-order valence-electron chi connectivity index (χ3n) is 3.80. The van der Waals surface area contributed by atoms with E-state index in [4.69, 9.17) is 0 Å². The third kappa shape index (κ3) is 2.75. The fourth-order valence-corrected chi connectivity index (χ4v) is 2.58. The molecule has 106 valence electrons. The summed E-state index contributed by atoms with van der Waals surface area (Å²) in [7, 11) is 0. The van der Waals surface area contributed by atoms with Crippen molar-refractivity contribution in [3.8, 4) is 0 Å². The monoisotopic (exact) mass is 272 g/mol. The molecule has 0 amide bonds. The van der Waals surface area contributed by atoms with Crippen molar-refractivity contribution in [1.29, 1.82) is 0 Å². The van der Waals surface area contributed by atoms with E-state index in [1.165, 1.54) is 11.6 Å². The van der Waals surface area contributed by atoms with Crippen LogP contribution >= 0.6 is 0 Å². The lowest BCUT2D eigenvalue weighted by Crippen LogP contribution is -2.27. The minimum Gasteiger partial charge on any atom is -0.380 e. The number of halogens is 1. The van der Waals surface area contributed by atoms with Crippen LogP contribution in [0.1, 0.15) is 43.4 Å². The molecule has 0 saturated carbocycles. The molecule has 0 aliphatic carbocycles. The molecule has 1 nitrogen and oxygen atoms in total. The number of aliphatic hydroxyl groups is 1. The molecule has 0 saturated heterocycles. The largest absolute Gasteiger partial charge is 0.380 e. The second kappa shape index (κ2) is 6.19. The summed E-state index contributed by atoms with van der Waals surface area (Å²) in [6.07, 6.45) is 2.54. The molecule has 1 atom stereocenters. The van der Waals surface area contributed by atoms with Crippen molar-refractivity contribution in [2.75, 3.05) is 0 Å². The van der Waals surface area contributed by atoms with Crippen molar-refractivity contribution < 1.29 is 9.50 Å². The van der Waals surface area contributed by atoms with E-state index in [2.05, 4.69) is 6.92 Å². The number of aryl methyl sites for hydroxylation is 1. The van der Waals surface area contributed by atoms with E-state index in [0.29, 0.717) is 12.0 Å².